The standard InChI is InChI=1S/C24H16BrF2NO3S/c25-20-11-16(6-9-21(20)31-14-17-2-1-3-19(27)10-17)12-22-23(29)28(24(30)32-22)13-15-4-7-18(26)8-5-15/h1-12H,13-14H2/b22-12-. The lowest BCUT2D eigenvalue weighted by Crippen LogP contribution is -2.27. The summed E-state index contributed by atoms with van der Waals surface area (Å²) in [5.41, 5.74) is 2.08. The van der Waals surface area contributed by atoms with Gasteiger partial charge in [0.15, 0.2) is 0 Å². The Morgan fingerprint density at radius 1 is 0.938 bits per heavy atom. The molecule has 1 aliphatic heterocycles. The molecule has 162 valence electrons. The Morgan fingerprint density at radius 3 is 2.44 bits per heavy atom. The van der Waals surface area contributed by atoms with Crippen LogP contribution in [0.15, 0.2) is 76.1 Å². The average Bonchev–Trinajstić information content (AvgIpc) is 3.02. The van der Waals surface area contributed by atoms with Crippen LogP contribution in [0.5, 0.6) is 5.75 Å². The largest absolute Gasteiger partial charge is 0.488 e. The minimum Gasteiger partial charge on any atom is -0.488 e. The maximum atomic E-state index is 13.3. The summed E-state index contributed by atoms with van der Waals surface area (Å²) in [5, 5.41) is -0.375. The van der Waals surface area contributed by atoms with Crippen LogP contribution < -0.4 is 4.74 Å². The highest BCUT2D eigenvalue weighted by atomic mass is 79.9. The number of imide groups is 1. The molecule has 1 aliphatic rings. The maximum absolute atomic E-state index is 13.3. The van der Waals surface area contributed by atoms with E-state index in [0.29, 0.717) is 31.8 Å². The van der Waals surface area contributed by atoms with Crippen LogP contribution in [0.1, 0.15) is 16.7 Å². The molecule has 0 unspecified atom stereocenters. The Balaban J connectivity index is 1.45. The highest BCUT2D eigenvalue weighted by Crippen LogP contribution is 2.35. The van der Waals surface area contributed by atoms with E-state index in [1.807, 2.05) is 0 Å². The molecule has 0 radical (unpaired) electrons. The second-order valence-electron chi connectivity index (χ2n) is 7.00. The minimum atomic E-state index is -0.396. The van der Waals surface area contributed by atoms with Crippen molar-refractivity contribution in [3.8, 4) is 5.75 Å². The summed E-state index contributed by atoms with van der Waals surface area (Å²) < 4.78 is 32.8. The summed E-state index contributed by atoms with van der Waals surface area (Å²) in [5.74, 6) is -0.534. The van der Waals surface area contributed by atoms with Crippen molar-refractivity contribution in [1.29, 1.82) is 0 Å². The van der Waals surface area contributed by atoms with Gasteiger partial charge in [-0.25, -0.2) is 8.78 Å². The van der Waals surface area contributed by atoms with Crippen molar-refractivity contribution in [2.75, 3.05) is 0 Å². The van der Waals surface area contributed by atoms with E-state index in [1.54, 1.807) is 48.5 Å². The van der Waals surface area contributed by atoms with Crippen molar-refractivity contribution in [3.05, 3.63) is 104 Å². The molecule has 0 bridgehead atoms. The molecule has 0 atom stereocenters. The Kier molecular flexibility index (Phi) is 6.72. The molecule has 8 heteroatoms. The molecule has 3 aromatic carbocycles. The van der Waals surface area contributed by atoms with E-state index in [9.17, 15) is 18.4 Å². The molecule has 1 fully saturated rings. The summed E-state index contributed by atoms with van der Waals surface area (Å²) >= 11 is 4.31. The lowest BCUT2D eigenvalue weighted by molar-refractivity contribution is -0.123. The third kappa shape index (κ3) is 5.26. The minimum absolute atomic E-state index is 0.0822. The van der Waals surface area contributed by atoms with Crippen LogP contribution in [0.2, 0.25) is 0 Å². The van der Waals surface area contributed by atoms with Gasteiger partial charge < -0.3 is 4.74 Å². The molecule has 2 amide bonds. The number of rotatable bonds is 6. The SMILES string of the molecule is O=C1S/C(=C\c2ccc(OCc3cccc(F)c3)c(Br)c2)C(=O)N1Cc1ccc(F)cc1. The molecular formula is C24H16BrF2NO3S. The van der Waals surface area contributed by atoms with Gasteiger partial charge in [0.1, 0.15) is 24.0 Å². The van der Waals surface area contributed by atoms with Gasteiger partial charge in [0.25, 0.3) is 11.1 Å². The first-order valence-electron chi connectivity index (χ1n) is 9.55. The molecular weight excluding hydrogens is 500 g/mol. The third-order valence-corrected chi connectivity index (χ3v) is 6.19. The molecule has 3 aromatic rings. The first-order valence-corrected chi connectivity index (χ1v) is 11.2. The van der Waals surface area contributed by atoms with Crippen molar-refractivity contribution in [3.63, 3.8) is 0 Å². The van der Waals surface area contributed by atoms with Crippen molar-refractivity contribution in [2.45, 2.75) is 13.2 Å². The second-order valence-corrected chi connectivity index (χ2v) is 8.85. The van der Waals surface area contributed by atoms with E-state index < -0.39 is 5.91 Å². The van der Waals surface area contributed by atoms with Crippen LogP contribution >= 0.6 is 27.7 Å². The van der Waals surface area contributed by atoms with Gasteiger partial charge >= 0.3 is 0 Å². The lowest BCUT2D eigenvalue weighted by Gasteiger charge is -2.12. The third-order valence-electron chi connectivity index (χ3n) is 4.66. The molecule has 1 heterocycles. The molecule has 0 N–H and O–H groups in total. The number of hydrogen-bond donors (Lipinski definition) is 0. The number of halogens is 3. The van der Waals surface area contributed by atoms with Gasteiger partial charge in [0, 0.05) is 0 Å². The smallest absolute Gasteiger partial charge is 0.293 e. The summed E-state index contributed by atoms with van der Waals surface area (Å²) in [7, 11) is 0. The first kappa shape index (κ1) is 22.2. The molecule has 0 aliphatic carbocycles. The second kappa shape index (κ2) is 9.67. The lowest BCUT2D eigenvalue weighted by atomic mass is 10.2. The molecule has 32 heavy (non-hydrogen) atoms. The summed E-state index contributed by atoms with van der Waals surface area (Å²) in [6, 6.07) is 17.1. The van der Waals surface area contributed by atoms with E-state index in [1.165, 1.54) is 24.3 Å². The fourth-order valence-corrected chi connectivity index (χ4v) is 4.42. The number of ether oxygens (including phenoxy) is 1. The number of carbonyl (C=O) groups excluding carboxylic acids is 2. The zero-order chi connectivity index (χ0) is 22.7. The maximum Gasteiger partial charge on any atom is 0.293 e. The first-order chi connectivity index (χ1) is 15.4. The number of nitrogens with zero attached hydrogens (tertiary/aromatic N) is 1. The van der Waals surface area contributed by atoms with E-state index >= 15 is 0 Å². The van der Waals surface area contributed by atoms with Crippen molar-refractivity contribution in [2.24, 2.45) is 0 Å². The Hall–Kier alpha value is -2.97. The van der Waals surface area contributed by atoms with Gasteiger partial charge in [-0.05, 0) is 86.9 Å². The van der Waals surface area contributed by atoms with Gasteiger partial charge in [-0.15, -0.1) is 0 Å². The normalized spacial score (nSPS) is 15.0. The predicted octanol–water partition coefficient (Wildman–Crippen LogP) is 6.54. The molecule has 4 nitrogen and oxygen atoms in total. The molecule has 0 aromatic heterocycles. The van der Waals surface area contributed by atoms with Gasteiger partial charge in [0.05, 0.1) is 15.9 Å². The number of amides is 2. The van der Waals surface area contributed by atoms with E-state index in [2.05, 4.69) is 15.9 Å². The Labute approximate surface area is 196 Å². The highest BCUT2D eigenvalue weighted by molar-refractivity contribution is 9.10. The zero-order valence-corrected chi connectivity index (χ0v) is 19.0. The Morgan fingerprint density at radius 2 is 1.72 bits per heavy atom. The van der Waals surface area contributed by atoms with E-state index in [4.69, 9.17) is 4.74 Å². The van der Waals surface area contributed by atoms with E-state index in [-0.39, 0.29) is 30.0 Å². The zero-order valence-electron chi connectivity index (χ0n) is 16.6. The van der Waals surface area contributed by atoms with Gasteiger partial charge in [-0.3, -0.25) is 14.5 Å². The van der Waals surface area contributed by atoms with Crippen molar-refractivity contribution >= 4 is 44.9 Å². The monoisotopic (exact) mass is 515 g/mol. The van der Waals surface area contributed by atoms with E-state index in [0.717, 1.165) is 16.7 Å². The van der Waals surface area contributed by atoms with Crippen LogP contribution in [0.4, 0.5) is 13.6 Å². The quantitative estimate of drug-likeness (QED) is 0.349. The number of carbonyl (C=O) groups is 2. The summed E-state index contributed by atoms with van der Waals surface area (Å²) in [6.07, 6.45) is 1.64. The van der Waals surface area contributed by atoms with Gasteiger partial charge in [0.2, 0.25) is 0 Å². The summed E-state index contributed by atoms with van der Waals surface area (Å²) in [6.45, 7) is 0.289. The molecule has 1 saturated heterocycles. The van der Waals surface area contributed by atoms with Crippen molar-refractivity contribution in [1.82, 2.24) is 4.90 Å². The van der Waals surface area contributed by atoms with Crippen LogP contribution in [0.25, 0.3) is 6.08 Å². The fraction of sp³-hybridized carbons (Fsp3) is 0.0833. The predicted molar refractivity (Wildman–Crippen MR) is 123 cm³/mol. The van der Waals surface area contributed by atoms with Crippen LogP contribution in [-0.2, 0) is 17.9 Å². The number of benzene rings is 3. The number of hydrogen-bond acceptors (Lipinski definition) is 4. The van der Waals surface area contributed by atoms with Crippen LogP contribution in [0, 0.1) is 11.6 Å². The van der Waals surface area contributed by atoms with Crippen LogP contribution in [-0.4, -0.2) is 16.0 Å². The van der Waals surface area contributed by atoms with Gasteiger partial charge in [-0.1, -0.05) is 30.3 Å². The highest BCUT2D eigenvalue weighted by Gasteiger charge is 2.35. The molecule has 0 saturated carbocycles. The average molecular weight is 516 g/mol. The molecule has 4 rings (SSSR count). The Bertz CT molecular complexity index is 1210. The van der Waals surface area contributed by atoms with Crippen molar-refractivity contribution < 1.29 is 23.1 Å². The number of thioether (sulfide) groups is 1. The van der Waals surface area contributed by atoms with Crippen LogP contribution in [0.3, 0.4) is 0 Å². The van der Waals surface area contributed by atoms with Gasteiger partial charge in [-0.2, -0.15) is 0 Å². The molecule has 0 spiro atoms. The topological polar surface area (TPSA) is 46.6 Å². The fourth-order valence-electron chi connectivity index (χ4n) is 3.07. The summed E-state index contributed by atoms with van der Waals surface area (Å²) in [4.78, 5) is 26.5.